The van der Waals surface area contributed by atoms with E-state index in [9.17, 15) is 0 Å². The van der Waals surface area contributed by atoms with Gasteiger partial charge in [0.05, 0.1) is 0 Å². The van der Waals surface area contributed by atoms with Crippen molar-refractivity contribution in [2.24, 2.45) is 12.0 Å². The normalized spacial score (nSPS) is 15.6. The van der Waals surface area contributed by atoms with Gasteiger partial charge in [-0.05, 0) is 44.7 Å². The zero-order valence-electron chi connectivity index (χ0n) is 18.1. The molecule has 0 aliphatic carbocycles. The summed E-state index contributed by atoms with van der Waals surface area (Å²) in [4.78, 5) is 11.7. The van der Waals surface area contributed by atoms with Gasteiger partial charge in [0.2, 0.25) is 0 Å². The van der Waals surface area contributed by atoms with Gasteiger partial charge < -0.3 is 20.1 Å². The van der Waals surface area contributed by atoms with Gasteiger partial charge in [-0.25, -0.2) is 9.98 Å². The summed E-state index contributed by atoms with van der Waals surface area (Å²) in [6.07, 6.45) is 6.35. The van der Waals surface area contributed by atoms with E-state index >= 15 is 0 Å². The lowest BCUT2D eigenvalue weighted by molar-refractivity contribution is 0.458. The minimum atomic E-state index is 0.408. The Balaban J connectivity index is 1.56. The third-order valence-corrected chi connectivity index (χ3v) is 5.44. The van der Waals surface area contributed by atoms with Gasteiger partial charge in [0.1, 0.15) is 18.2 Å². The van der Waals surface area contributed by atoms with Crippen molar-refractivity contribution < 1.29 is 0 Å². The van der Waals surface area contributed by atoms with Gasteiger partial charge >= 0.3 is 0 Å². The van der Waals surface area contributed by atoms with Crippen molar-refractivity contribution in [2.75, 3.05) is 24.5 Å². The highest BCUT2D eigenvalue weighted by Crippen LogP contribution is 2.18. The van der Waals surface area contributed by atoms with E-state index in [0.29, 0.717) is 12.6 Å². The first-order valence-electron chi connectivity index (χ1n) is 10.6. The molecule has 0 atom stereocenters. The number of nitrogens with zero attached hydrogens (tertiary/aromatic N) is 6. The second-order valence-corrected chi connectivity index (χ2v) is 7.77. The molecule has 158 valence electrons. The van der Waals surface area contributed by atoms with E-state index in [0.717, 1.165) is 68.7 Å². The fourth-order valence-corrected chi connectivity index (χ4v) is 3.37. The molecule has 0 aromatic carbocycles. The summed E-state index contributed by atoms with van der Waals surface area (Å²) in [5, 5.41) is 15.4. The van der Waals surface area contributed by atoms with Gasteiger partial charge in [0.25, 0.3) is 0 Å². The standard InChI is InChI=1S/C21H34N8/c1-5-6-11-22-21(24-15-20-27-26-17(3)28(20)4)25-18-9-12-29(13-10-18)19-8-7-16(2)14-23-19/h7-8,14,18H,5-6,9-13,15H2,1-4H3,(H2,22,24,25). The molecule has 8 nitrogen and oxygen atoms in total. The van der Waals surface area contributed by atoms with Crippen LogP contribution in [0.15, 0.2) is 23.3 Å². The number of aryl methyl sites for hydroxylation is 2. The molecule has 0 bridgehead atoms. The Kier molecular flexibility index (Phi) is 7.43. The average molecular weight is 399 g/mol. The zero-order chi connectivity index (χ0) is 20.6. The van der Waals surface area contributed by atoms with E-state index in [-0.39, 0.29) is 0 Å². The second kappa shape index (κ2) is 10.2. The van der Waals surface area contributed by atoms with Crippen molar-refractivity contribution in [2.45, 2.75) is 59.0 Å². The van der Waals surface area contributed by atoms with E-state index in [1.165, 1.54) is 5.56 Å². The second-order valence-electron chi connectivity index (χ2n) is 7.77. The molecule has 3 heterocycles. The topological polar surface area (TPSA) is 83.3 Å². The molecule has 1 aliphatic rings. The molecule has 2 aromatic rings. The molecule has 3 rings (SSSR count). The number of rotatable bonds is 7. The smallest absolute Gasteiger partial charge is 0.191 e. The number of aliphatic imine (C=N–C) groups is 1. The van der Waals surface area contributed by atoms with Crippen LogP contribution in [0, 0.1) is 13.8 Å². The van der Waals surface area contributed by atoms with Crippen LogP contribution in [0.3, 0.4) is 0 Å². The Labute approximate surface area is 173 Å². The molecular weight excluding hydrogens is 364 g/mol. The van der Waals surface area contributed by atoms with E-state index in [1.807, 2.05) is 24.7 Å². The number of anilines is 1. The number of piperidine rings is 1. The van der Waals surface area contributed by atoms with Gasteiger partial charge in [-0.2, -0.15) is 0 Å². The van der Waals surface area contributed by atoms with Crippen molar-refractivity contribution in [1.29, 1.82) is 0 Å². The van der Waals surface area contributed by atoms with Crippen molar-refractivity contribution in [3.8, 4) is 0 Å². The number of guanidine groups is 1. The first-order chi connectivity index (χ1) is 14.1. The molecule has 0 spiro atoms. The number of nitrogens with one attached hydrogen (secondary N) is 2. The Hall–Kier alpha value is -2.64. The Morgan fingerprint density at radius 1 is 1.21 bits per heavy atom. The fourth-order valence-electron chi connectivity index (χ4n) is 3.37. The highest BCUT2D eigenvalue weighted by molar-refractivity contribution is 5.80. The molecular formula is C21H34N8. The molecule has 2 N–H and O–H groups in total. The van der Waals surface area contributed by atoms with Crippen LogP contribution in [-0.2, 0) is 13.6 Å². The van der Waals surface area contributed by atoms with Crippen LogP contribution in [0.2, 0.25) is 0 Å². The fraction of sp³-hybridized carbons (Fsp3) is 0.619. The Morgan fingerprint density at radius 2 is 2.00 bits per heavy atom. The van der Waals surface area contributed by atoms with Crippen molar-refractivity contribution in [1.82, 2.24) is 30.4 Å². The molecule has 1 fully saturated rings. The minimum Gasteiger partial charge on any atom is -0.356 e. The van der Waals surface area contributed by atoms with Gasteiger partial charge in [-0.3, -0.25) is 0 Å². The summed E-state index contributed by atoms with van der Waals surface area (Å²) in [5.41, 5.74) is 1.20. The minimum absolute atomic E-state index is 0.408. The SMILES string of the molecule is CCCCNC(=NCc1nnc(C)n1C)NC1CCN(c2ccc(C)cn2)CC1. The monoisotopic (exact) mass is 398 g/mol. The lowest BCUT2D eigenvalue weighted by Crippen LogP contribution is -2.49. The van der Waals surface area contributed by atoms with Crippen LogP contribution in [-0.4, -0.2) is 51.4 Å². The molecule has 0 amide bonds. The van der Waals surface area contributed by atoms with Crippen molar-refractivity contribution >= 4 is 11.8 Å². The third kappa shape index (κ3) is 5.92. The van der Waals surface area contributed by atoms with Gasteiger partial charge in [-0.1, -0.05) is 19.4 Å². The number of pyridine rings is 1. The Morgan fingerprint density at radius 3 is 2.62 bits per heavy atom. The summed E-state index contributed by atoms with van der Waals surface area (Å²) >= 11 is 0. The number of aromatic nitrogens is 4. The van der Waals surface area contributed by atoms with Crippen LogP contribution in [0.1, 0.15) is 49.8 Å². The van der Waals surface area contributed by atoms with E-state index in [4.69, 9.17) is 4.99 Å². The molecule has 0 unspecified atom stereocenters. The Bertz CT molecular complexity index is 788. The molecule has 29 heavy (non-hydrogen) atoms. The first kappa shape index (κ1) is 21.1. The molecule has 0 saturated carbocycles. The molecule has 8 heteroatoms. The molecule has 1 aliphatic heterocycles. The van der Waals surface area contributed by atoms with Gasteiger partial charge in [-0.15, -0.1) is 10.2 Å². The summed E-state index contributed by atoms with van der Waals surface area (Å²) in [6, 6.07) is 4.65. The van der Waals surface area contributed by atoms with E-state index < -0.39 is 0 Å². The summed E-state index contributed by atoms with van der Waals surface area (Å²) in [6.45, 7) is 9.66. The van der Waals surface area contributed by atoms with Crippen LogP contribution >= 0.6 is 0 Å². The maximum absolute atomic E-state index is 4.77. The summed E-state index contributed by atoms with van der Waals surface area (Å²) < 4.78 is 1.99. The lowest BCUT2D eigenvalue weighted by Gasteiger charge is -2.34. The van der Waals surface area contributed by atoms with Gasteiger partial charge in [0, 0.05) is 38.9 Å². The van der Waals surface area contributed by atoms with Crippen LogP contribution < -0.4 is 15.5 Å². The highest BCUT2D eigenvalue weighted by Gasteiger charge is 2.21. The maximum atomic E-state index is 4.77. The summed E-state index contributed by atoms with van der Waals surface area (Å²) in [7, 11) is 1.98. The molecule has 0 radical (unpaired) electrons. The molecule has 1 saturated heterocycles. The highest BCUT2D eigenvalue weighted by atomic mass is 15.3. The summed E-state index contributed by atoms with van der Waals surface area (Å²) in [5.74, 6) is 3.72. The number of hydrogen-bond donors (Lipinski definition) is 2. The molecule has 2 aromatic heterocycles. The third-order valence-electron chi connectivity index (χ3n) is 5.44. The number of unbranched alkanes of at least 4 members (excludes halogenated alkanes) is 1. The van der Waals surface area contributed by atoms with Crippen LogP contribution in [0.25, 0.3) is 0 Å². The maximum Gasteiger partial charge on any atom is 0.191 e. The quantitative estimate of drug-likeness (QED) is 0.423. The lowest BCUT2D eigenvalue weighted by atomic mass is 10.1. The largest absolute Gasteiger partial charge is 0.356 e. The van der Waals surface area contributed by atoms with Crippen molar-refractivity contribution in [3.05, 3.63) is 35.5 Å². The van der Waals surface area contributed by atoms with Crippen LogP contribution in [0.5, 0.6) is 0 Å². The predicted octanol–water partition coefficient (Wildman–Crippen LogP) is 2.33. The van der Waals surface area contributed by atoms with Crippen LogP contribution in [0.4, 0.5) is 5.82 Å². The van der Waals surface area contributed by atoms with E-state index in [2.05, 4.69) is 56.7 Å². The van der Waals surface area contributed by atoms with Gasteiger partial charge in [0.15, 0.2) is 11.8 Å². The predicted molar refractivity (Wildman–Crippen MR) is 117 cm³/mol. The van der Waals surface area contributed by atoms with Crippen molar-refractivity contribution in [3.63, 3.8) is 0 Å². The average Bonchev–Trinajstić information content (AvgIpc) is 3.05. The number of hydrogen-bond acceptors (Lipinski definition) is 5. The first-order valence-corrected chi connectivity index (χ1v) is 10.6. The zero-order valence-corrected chi connectivity index (χ0v) is 18.1. The van der Waals surface area contributed by atoms with E-state index in [1.54, 1.807) is 0 Å².